The van der Waals surface area contributed by atoms with Crippen molar-refractivity contribution in [2.75, 3.05) is 80.3 Å². The van der Waals surface area contributed by atoms with Gasteiger partial charge < -0.3 is 24.3 Å². The second kappa shape index (κ2) is 11.5. The Morgan fingerprint density at radius 3 is 2.67 bits per heavy atom. The van der Waals surface area contributed by atoms with E-state index in [1.807, 2.05) is 0 Å². The van der Waals surface area contributed by atoms with Crippen molar-refractivity contribution in [3.63, 3.8) is 0 Å². The highest BCUT2D eigenvalue weighted by molar-refractivity contribution is 5.87. The number of amides is 1. The molecule has 1 aromatic carbocycles. The van der Waals surface area contributed by atoms with Crippen molar-refractivity contribution in [3.05, 3.63) is 53.7 Å². The molecule has 5 heterocycles. The van der Waals surface area contributed by atoms with E-state index in [0.29, 0.717) is 38.1 Å². The van der Waals surface area contributed by atoms with Gasteiger partial charge in [0.2, 0.25) is 11.9 Å². The molecule has 7 rings (SSSR count). The summed E-state index contributed by atoms with van der Waals surface area (Å²) < 4.78 is 5.57. The molecule has 2 atom stereocenters. The van der Waals surface area contributed by atoms with Gasteiger partial charge in [0.15, 0.2) is 0 Å². The third-order valence-corrected chi connectivity index (χ3v) is 9.85. The van der Waals surface area contributed by atoms with Crippen LogP contribution in [0.4, 0.5) is 17.5 Å². The zero-order valence-electron chi connectivity index (χ0n) is 24.3. The number of piperazine rings is 1. The monoisotopic (exact) mass is 568 g/mol. The number of carbonyl (C=O) groups is 1. The predicted octanol–water partition coefficient (Wildman–Crippen LogP) is 2.03. The van der Waals surface area contributed by atoms with Crippen LogP contribution < -0.4 is 14.7 Å². The van der Waals surface area contributed by atoms with Crippen LogP contribution in [-0.4, -0.2) is 109 Å². The van der Waals surface area contributed by atoms with E-state index in [1.165, 1.54) is 22.9 Å². The molecule has 1 aliphatic carbocycles. The van der Waals surface area contributed by atoms with E-state index in [2.05, 4.69) is 56.5 Å². The van der Waals surface area contributed by atoms with E-state index in [1.54, 1.807) is 4.90 Å². The highest BCUT2D eigenvalue weighted by Crippen LogP contribution is 2.38. The van der Waals surface area contributed by atoms with Crippen molar-refractivity contribution in [2.45, 2.75) is 50.2 Å². The lowest BCUT2D eigenvalue weighted by Crippen LogP contribution is -2.62. The molecule has 0 saturated carbocycles. The van der Waals surface area contributed by atoms with Crippen LogP contribution in [-0.2, 0) is 28.8 Å². The fourth-order valence-electron chi connectivity index (χ4n) is 7.50. The van der Waals surface area contributed by atoms with Gasteiger partial charge in [0.05, 0.1) is 37.4 Å². The molecule has 5 aliphatic rings. The van der Waals surface area contributed by atoms with E-state index in [-0.39, 0.29) is 11.9 Å². The molecule has 3 saturated heterocycles. The molecular formula is C32H40N8O2. The number of carbonyl (C=O) groups excluding carboxylic acids is 1. The fraction of sp³-hybridized carbons (Fsp3) is 0.562. The van der Waals surface area contributed by atoms with Gasteiger partial charge in [0, 0.05) is 82.1 Å². The van der Waals surface area contributed by atoms with Crippen molar-refractivity contribution >= 4 is 23.4 Å². The van der Waals surface area contributed by atoms with E-state index in [9.17, 15) is 10.1 Å². The molecule has 1 aromatic heterocycles. The number of para-hydroxylation sites is 1. The van der Waals surface area contributed by atoms with Crippen LogP contribution in [0.5, 0.6) is 0 Å². The minimum atomic E-state index is -0.185. The number of hydrogen-bond acceptors (Lipinski definition) is 9. The molecule has 10 nitrogen and oxygen atoms in total. The lowest BCUT2D eigenvalue weighted by atomic mass is 9.90. The second-order valence-corrected chi connectivity index (χ2v) is 12.1. The Hall–Kier alpha value is -3.68. The van der Waals surface area contributed by atoms with Gasteiger partial charge >= 0.3 is 0 Å². The summed E-state index contributed by atoms with van der Waals surface area (Å²) in [5.74, 6) is 1.71. The molecule has 0 bridgehead atoms. The average molecular weight is 569 g/mol. The number of benzene rings is 1. The average Bonchev–Trinajstić information content (AvgIpc) is 3.44. The Bertz CT molecular complexity index is 1380. The van der Waals surface area contributed by atoms with Gasteiger partial charge in [-0.1, -0.05) is 24.8 Å². The number of morpholine rings is 1. The highest BCUT2D eigenvalue weighted by atomic mass is 16.5. The van der Waals surface area contributed by atoms with Crippen LogP contribution in [0.1, 0.15) is 29.7 Å². The SMILES string of the molecule is C=CC(=O)N1CCN(c2nc(N3CC(N4CCOCC4)C3)nc3c2CCC(N2CCc4ccccc42)C3)CC1CC#N. The molecule has 4 aliphatic heterocycles. The number of nitrogens with zero attached hydrogens (tertiary/aromatic N) is 8. The lowest BCUT2D eigenvalue weighted by Gasteiger charge is -2.47. The maximum atomic E-state index is 12.6. The minimum absolute atomic E-state index is 0.108. The topological polar surface area (TPSA) is 92.1 Å². The molecule has 0 spiro atoms. The summed E-state index contributed by atoms with van der Waals surface area (Å²) in [6, 6.07) is 11.9. The van der Waals surface area contributed by atoms with Crippen molar-refractivity contribution in [2.24, 2.45) is 0 Å². The minimum Gasteiger partial charge on any atom is -0.379 e. The first kappa shape index (κ1) is 27.2. The van der Waals surface area contributed by atoms with Crippen LogP contribution in [0.15, 0.2) is 36.9 Å². The summed E-state index contributed by atoms with van der Waals surface area (Å²) in [6.07, 6.45) is 5.65. The summed E-state index contributed by atoms with van der Waals surface area (Å²) in [5, 5.41) is 9.55. The summed E-state index contributed by atoms with van der Waals surface area (Å²) in [4.78, 5) is 34.6. The number of anilines is 3. The molecule has 0 radical (unpaired) electrons. The standard InChI is InChI=1S/C32H40N8O2/c1-2-30(41)40-14-13-37(20-25(40)9-11-33)31-27-8-7-24(39-12-10-23-5-3-4-6-29(23)39)19-28(27)34-32(35-31)38-21-26(22-38)36-15-17-42-18-16-36/h2-6,24-26H,1,7-10,12-22H2. The maximum absolute atomic E-state index is 12.6. The number of fused-ring (bicyclic) bond motifs is 2. The first-order chi connectivity index (χ1) is 20.6. The van der Waals surface area contributed by atoms with Gasteiger partial charge in [-0.2, -0.15) is 10.2 Å². The smallest absolute Gasteiger partial charge is 0.246 e. The summed E-state index contributed by atoms with van der Waals surface area (Å²) in [5.41, 5.74) is 5.22. The number of aromatic nitrogens is 2. The Balaban J connectivity index is 1.17. The van der Waals surface area contributed by atoms with Gasteiger partial charge in [-0.3, -0.25) is 9.69 Å². The molecule has 3 fully saturated rings. The summed E-state index contributed by atoms with van der Waals surface area (Å²) >= 11 is 0. The number of nitriles is 1. The number of hydrogen-bond donors (Lipinski definition) is 0. The van der Waals surface area contributed by atoms with E-state index in [4.69, 9.17) is 14.7 Å². The van der Waals surface area contributed by atoms with Crippen molar-refractivity contribution in [1.82, 2.24) is 19.8 Å². The molecule has 10 heteroatoms. The Morgan fingerprint density at radius 1 is 1.02 bits per heavy atom. The third-order valence-electron chi connectivity index (χ3n) is 9.85. The van der Waals surface area contributed by atoms with Gasteiger partial charge in [0.1, 0.15) is 5.82 Å². The molecule has 0 N–H and O–H groups in total. The van der Waals surface area contributed by atoms with Crippen molar-refractivity contribution < 1.29 is 9.53 Å². The van der Waals surface area contributed by atoms with Gasteiger partial charge in [-0.25, -0.2) is 4.98 Å². The van der Waals surface area contributed by atoms with E-state index >= 15 is 0 Å². The first-order valence-corrected chi connectivity index (χ1v) is 15.5. The Morgan fingerprint density at radius 2 is 1.86 bits per heavy atom. The Kier molecular flexibility index (Phi) is 7.46. The second-order valence-electron chi connectivity index (χ2n) is 12.1. The summed E-state index contributed by atoms with van der Waals surface area (Å²) in [6.45, 7) is 12.0. The van der Waals surface area contributed by atoms with Crippen molar-refractivity contribution in [1.29, 1.82) is 5.26 Å². The maximum Gasteiger partial charge on any atom is 0.246 e. The van der Waals surface area contributed by atoms with Crippen LogP contribution >= 0.6 is 0 Å². The highest BCUT2D eigenvalue weighted by Gasteiger charge is 2.38. The van der Waals surface area contributed by atoms with Crippen molar-refractivity contribution in [3.8, 4) is 6.07 Å². The molecule has 1 amide bonds. The fourth-order valence-corrected chi connectivity index (χ4v) is 7.50. The quantitative estimate of drug-likeness (QED) is 0.486. The van der Waals surface area contributed by atoms with Gasteiger partial charge in [-0.15, -0.1) is 0 Å². The third kappa shape index (κ3) is 4.99. The molecule has 2 aromatic rings. The number of rotatable bonds is 6. The molecule has 42 heavy (non-hydrogen) atoms. The number of ether oxygens (including phenoxy) is 1. The zero-order valence-corrected chi connectivity index (χ0v) is 24.3. The van der Waals surface area contributed by atoms with Crippen LogP contribution in [0.3, 0.4) is 0 Å². The normalized spacial score (nSPS) is 24.5. The van der Waals surface area contributed by atoms with Crippen LogP contribution in [0.2, 0.25) is 0 Å². The van der Waals surface area contributed by atoms with Crippen LogP contribution in [0, 0.1) is 11.3 Å². The zero-order chi connectivity index (χ0) is 28.6. The van der Waals surface area contributed by atoms with E-state index in [0.717, 1.165) is 89.1 Å². The first-order valence-electron chi connectivity index (χ1n) is 15.5. The molecule has 2 unspecified atom stereocenters. The van der Waals surface area contributed by atoms with Gasteiger partial charge in [0.25, 0.3) is 0 Å². The molecule has 220 valence electrons. The van der Waals surface area contributed by atoms with Gasteiger partial charge in [-0.05, 0) is 37.0 Å². The van der Waals surface area contributed by atoms with Crippen LogP contribution in [0.25, 0.3) is 0 Å². The summed E-state index contributed by atoms with van der Waals surface area (Å²) in [7, 11) is 0. The molecular weight excluding hydrogens is 528 g/mol. The predicted molar refractivity (Wildman–Crippen MR) is 162 cm³/mol. The largest absolute Gasteiger partial charge is 0.379 e. The Labute approximate surface area is 248 Å². The lowest BCUT2D eigenvalue weighted by molar-refractivity contribution is -0.128. The van der Waals surface area contributed by atoms with E-state index < -0.39 is 0 Å².